The van der Waals surface area contributed by atoms with Crippen molar-refractivity contribution in [1.29, 1.82) is 0 Å². The SMILES string of the molecule is COc1cccc2c1c(N(S(=O)(=O)c1ccc(Cl)s1)S(=O)(=O)c1ccc(Cl)s1)nn2C(=O)O. The van der Waals surface area contributed by atoms with Crippen LogP contribution >= 0.6 is 45.9 Å². The Labute approximate surface area is 205 Å². The molecule has 3 aromatic heterocycles. The summed E-state index contributed by atoms with van der Waals surface area (Å²) >= 11 is 13.0. The van der Waals surface area contributed by atoms with Crippen LogP contribution in [0.1, 0.15) is 0 Å². The number of fused-ring (bicyclic) bond motifs is 1. The summed E-state index contributed by atoms with van der Waals surface area (Å²) < 4.78 is 59.7. The Hall–Kier alpha value is -2.36. The van der Waals surface area contributed by atoms with Gasteiger partial charge in [-0.2, -0.15) is 21.5 Å². The molecule has 1 N–H and O–H groups in total. The molecule has 4 aromatic rings. The van der Waals surface area contributed by atoms with Crippen LogP contribution in [0, 0.1) is 0 Å². The summed E-state index contributed by atoms with van der Waals surface area (Å²) in [4.78, 5) is 11.8. The number of benzene rings is 1. The standard InChI is InChI=1S/C17H11Cl2N3O7S4/c1-29-10-4-2-3-9-15(10)16(20-21(9)17(23)24)22(32(25,26)13-7-5-11(18)30-13)33(27,28)14-8-6-12(19)31-14/h2-8H,1H3,(H,23,24). The van der Waals surface area contributed by atoms with Gasteiger partial charge in [0.25, 0.3) is 20.0 Å². The first kappa shape index (κ1) is 23.8. The van der Waals surface area contributed by atoms with E-state index in [2.05, 4.69) is 5.10 Å². The van der Waals surface area contributed by atoms with Crippen LogP contribution in [0.5, 0.6) is 5.75 Å². The number of ether oxygens (including phenoxy) is 1. The fraction of sp³-hybridized carbons (Fsp3) is 0.0588. The molecule has 1 aromatic carbocycles. The Bertz CT molecular complexity index is 1540. The van der Waals surface area contributed by atoms with Gasteiger partial charge in [0.05, 0.1) is 26.7 Å². The zero-order valence-corrected chi connectivity index (χ0v) is 20.9. The molecule has 0 amide bonds. The van der Waals surface area contributed by atoms with Crippen molar-refractivity contribution in [3.63, 3.8) is 0 Å². The van der Waals surface area contributed by atoms with Crippen LogP contribution in [0.3, 0.4) is 0 Å². The fourth-order valence-electron chi connectivity index (χ4n) is 2.96. The van der Waals surface area contributed by atoms with Crippen molar-refractivity contribution in [1.82, 2.24) is 9.78 Å². The number of carbonyl (C=O) groups is 1. The number of anilines is 1. The number of hydrogen-bond acceptors (Lipinski definition) is 9. The summed E-state index contributed by atoms with van der Waals surface area (Å²) in [5.41, 5.74) is -0.0827. The van der Waals surface area contributed by atoms with Gasteiger partial charge in [-0.1, -0.05) is 29.3 Å². The van der Waals surface area contributed by atoms with E-state index in [1.165, 1.54) is 37.4 Å². The number of halogens is 2. The van der Waals surface area contributed by atoms with Gasteiger partial charge < -0.3 is 9.84 Å². The molecule has 0 aliphatic heterocycles. The first-order valence-corrected chi connectivity index (χ1v) is 13.9. The molecule has 16 heteroatoms. The molecular formula is C17H11Cl2N3O7S4. The maximum Gasteiger partial charge on any atom is 0.432 e. The second-order valence-corrected chi connectivity index (χ2v) is 13.9. The maximum atomic E-state index is 13.6. The first-order valence-electron chi connectivity index (χ1n) is 8.58. The van der Waals surface area contributed by atoms with E-state index in [4.69, 9.17) is 27.9 Å². The minimum atomic E-state index is -4.84. The summed E-state index contributed by atoms with van der Waals surface area (Å²) in [5.74, 6) is -0.669. The molecule has 174 valence electrons. The van der Waals surface area contributed by atoms with Crippen molar-refractivity contribution in [3.8, 4) is 5.75 Å². The van der Waals surface area contributed by atoms with Crippen LogP contribution in [-0.2, 0) is 20.0 Å². The second kappa shape index (κ2) is 8.45. The Balaban J connectivity index is 2.13. The molecule has 0 aliphatic rings. The Morgan fingerprint density at radius 2 is 1.55 bits per heavy atom. The van der Waals surface area contributed by atoms with Gasteiger partial charge in [0.1, 0.15) is 14.2 Å². The van der Waals surface area contributed by atoms with Crippen molar-refractivity contribution in [2.45, 2.75) is 8.42 Å². The monoisotopic (exact) mass is 567 g/mol. The number of aromatic nitrogens is 2. The lowest BCUT2D eigenvalue weighted by molar-refractivity contribution is 0.194. The highest BCUT2D eigenvalue weighted by Gasteiger charge is 2.42. The minimum Gasteiger partial charge on any atom is -0.496 e. The normalized spacial score (nSPS) is 12.2. The number of rotatable bonds is 6. The third kappa shape index (κ3) is 3.96. The number of carboxylic acid groups (broad SMARTS) is 1. The van der Waals surface area contributed by atoms with Gasteiger partial charge in [-0.15, -0.1) is 31.5 Å². The molecule has 0 saturated heterocycles. The van der Waals surface area contributed by atoms with Crippen LogP contribution < -0.4 is 8.45 Å². The molecule has 0 fully saturated rings. The molecular weight excluding hydrogens is 557 g/mol. The molecule has 3 heterocycles. The molecule has 0 saturated carbocycles. The van der Waals surface area contributed by atoms with Crippen LogP contribution in [0.4, 0.5) is 10.6 Å². The summed E-state index contributed by atoms with van der Waals surface area (Å²) in [6.07, 6.45) is -1.56. The number of sulfonamides is 2. The van der Waals surface area contributed by atoms with E-state index in [9.17, 15) is 26.7 Å². The van der Waals surface area contributed by atoms with E-state index in [0.717, 1.165) is 12.1 Å². The number of thiophene rings is 2. The smallest absolute Gasteiger partial charge is 0.432 e. The van der Waals surface area contributed by atoms with E-state index in [0.29, 0.717) is 27.4 Å². The van der Waals surface area contributed by atoms with Gasteiger partial charge >= 0.3 is 6.09 Å². The molecule has 4 rings (SSSR count). The van der Waals surface area contributed by atoms with Crippen molar-refractivity contribution in [2.24, 2.45) is 0 Å². The van der Waals surface area contributed by atoms with Gasteiger partial charge in [0.15, 0.2) is 5.82 Å². The van der Waals surface area contributed by atoms with E-state index >= 15 is 0 Å². The third-order valence-electron chi connectivity index (χ3n) is 4.27. The summed E-state index contributed by atoms with van der Waals surface area (Å²) in [7, 11) is -8.41. The fourth-order valence-corrected chi connectivity index (χ4v) is 9.93. The average Bonchev–Trinajstić information content (AvgIpc) is 3.47. The quantitative estimate of drug-likeness (QED) is 0.357. The first-order chi connectivity index (χ1) is 15.5. The number of nitrogens with zero attached hydrogens (tertiary/aromatic N) is 3. The van der Waals surface area contributed by atoms with E-state index < -0.39 is 40.4 Å². The molecule has 0 aliphatic carbocycles. The molecule has 0 atom stereocenters. The van der Waals surface area contributed by atoms with Crippen LogP contribution in [0.2, 0.25) is 8.67 Å². The lowest BCUT2D eigenvalue weighted by Crippen LogP contribution is -2.37. The highest BCUT2D eigenvalue weighted by atomic mass is 35.5. The van der Waals surface area contributed by atoms with Gasteiger partial charge in [-0.25, -0.2) is 4.79 Å². The highest BCUT2D eigenvalue weighted by Crippen LogP contribution is 2.42. The zero-order chi connectivity index (χ0) is 24.1. The lowest BCUT2D eigenvalue weighted by atomic mass is 10.2. The van der Waals surface area contributed by atoms with E-state index in [-0.39, 0.29) is 29.0 Å². The van der Waals surface area contributed by atoms with Crippen molar-refractivity contribution in [3.05, 3.63) is 51.1 Å². The molecule has 0 spiro atoms. The molecule has 0 bridgehead atoms. The van der Waals surface area contributed by atoms with Crippen molar-refractivity contribution in [2.75, 3.05) is 10.8 Å². The average molecular weight is 568 g/mol. The van der Waals surface area contributed by atoms with Gasteiger partial charge in [0.2, 0.25) is 0 Å². The highest BCUT2D eigenvalue weighted by molar-refractivity contribution is 8.11. The summed E-state index contributed by atoms with van der Waals surface area (Å²) in [6, 6.07) is 9.07. The second-order valence-electron chi connectivity index (χ2n) is 6.20. The van der Waals surface area contributed by atoms with E-state index in [1.807, 2.05) is 0 Å². The van der Waals surface area contributed by atoms with E-state index in [1.54, 1.807) is 0 Å². The number of methoxy groups -OCH3 is 1. The largest absolute Gasteiger partial charge is 0.496 e. The molecule has 10 nitrogen and oxygen atoms in total. The lowest BCUT2D eigenvalue weighted by Gasteiger charge is -2.21. The van der Waals surface area contributed by atoms with Crippen LogP contribution in [0.25, 0.3) is 10.9 Å². The Morgan fingerprint density at radius 3 is 1.97 bits per heavy atom. The summed E-state index contributed by atoms with van der Waals surface area (Å²) in [6.45, 7) is 0. The predicted octanol–water partition coefficient (Wildman–Crippen LogP) is 4.59. The third-order valence-corrected chi connectivity index (χ3v) is 11.8. The zero-order valence-electron chi connectivity index (χ0n) is 16.2. The van der Waals surface area contributed by atoms with Gasteiger partial charge in [-0.05, 0) is 36.4 Å². The molecule has 33 heavy (non-hydrogen) atoms. The van der Waals surface area contributed by atoms with Crippen molar-refractivity contribution < 1.29 is 31.5 Å². The Kier molecular flexibility index (Phi) is 6.09. The minimum absolute atomic E-state index is 0.0128. The van der Waals surface area contributed by atoms with Gasteiger partial charge in [0, 0.05) is 0 Å². The van der Waals surface area contributed by atoms with Crippen LogP contribution in [-0.4, -0.2) is 44.9 Å². The maximum absolute atomic E-state index is 13.6. The molecule has 0 unspecified atom stereocenters. The predicted molar refractivity (Wildman–Crippen MR) is 125 cm³/mol. The molecule has 0 radical (unpaired) electrons. The van der Waals surface area contributed by atoms with Gasteiger partial charge in [-0.3, -0.25) is 0 Å². The number of hydrogen-bond donors (Lipinski definition) is 1. The summed E-state index contributed by atoms with van der Waals surface area (Å²) in [5, 5.41) is 13.3. The van der Waals surface area contributed by atoms with Crippen molar-refractivity contribution >= 4 is 88.7 Å². The topological polar surface area (TPSA) is 136 Å². The Morgan fingerprint density at radius 1 is 1.00 bits per heavy atom. The van der Waals surface area contributed by atoms with Crippen LogP contribution in [0.15, 0.2) is 50.9 Å².